The zero-order valence-electron chi connectivity index (χ0n) is 7.87. The second-order valence-corrected chi connectivity index (χ2v) is 3.95. The van der Waals surface area contributed by atoms with Crippen LogP contribution >= 0.6 is 0 Å². The van der Waals surface area contributed by atoms with Gasteiger partial charge in [-0.25, -0.2) is 0 Å². The third kappa shape index (κ3) is 5.92. The largest absolute Gasteiger partial charge is 0.480 e. The van der Waals surface area contributed by atoms with E-state index >= 15 is 0 Å². The summed E-state index contributed by atoms with van der Waals surface area (Å²) in [5.74, 6) is -0.950. The Labute approximate surface area is 73.3 Å². The first-order valence-electron chi connectivity index (χ1n) is 3.99. The number of nitrogens with two attached hydrogens (primary N) is 1. The molecule has 0 aromatic carbocycles. The van der Waals surface area contributed by atoms with Crippen molar-refractivity contribution in [3.05, 3.63) is 12.2 Å². The lowest BCUT2D eigenvalue weighted by Crippen LogP contribution is -2.29. The van der Waals surface area contributed by atoms with Gasteiger partial charge in [0, 0.05) is 0 Å². The first-order valence-corrected chi connectivity index (χ1v) is 3.99. The molecule has 0 aromatic heterocycles. The number of hydrogen-bond acceptors (Lipinski definition) is 2. The number of carboxylic acids is 1. The lowest BCUT2D eigenvalue weighted by molar-refractivity contribution is -0.138. The average Bonchev–Trinajstić information content (AvgIpc) is 1.84. The van der Waals surface area contributed by atoms with Crippen LogP contribution < -0.4 is 5.73 Å². The highest BCUT2D eigenvalue weighted by Crippen LogP contribution is 2.14. The van der Waals surface area contributed by atoms with E-state index in [1.165, 1.54) is 0 Å². The third-order valence-electron chi connectivity index (χ3n) is 1.33. The van der Waals surface area contributed by atoms with Crippen molar-refractivity contribution in [3.8, 4) is 0 Å². The van der Waals surface area contributed by atoms with Crippen LogP contribution in [0.3, 0.4) is 0 Å². The van der Waals surface area contributed by atoms with Crippen molar-refractivity contribution in [2.45, 2.75) is 33.2 Å². The monoisotopic (exact) mass is 171 g/mol. The second-order valence-electron chi connectivity index (χ2n) is 3.95. The summed E-state index contributed by atoms with van der Waals surface area (Å²) in [4.78, 5) is 10.3. The first kappa shape index (κ1) is 11.2. The topological polar surface area (TPSA) is 63.3 Å². The molecule has 0 saturated heterocycles. The van der Waals surface area contributed by atoms with Crippen LogP contribution in [-0.2, 0) is 4.79 Å². The molecule has 12 heavy (non-hydrogen) atoms. The van der Waals surface area contributed by atoms with Gasteiger partial charge in [-0.3, -0.25) is 4.79 Å². The Hall–Kier alpha value is -0.830. The minimum Gasteiger partial charge on any atom is -0.480 e. The Balaban J connectivity index is 3.83. The molecule has 0 aliphatic heterocycles. The molecule has 70 valence electrons. The molecule has 0 unspecified atom stereocenters. The van der Waals surface area contributed by atoms with Crippen molar-refractivity contribution < 1.29 is 9.90 Å². The predicted octanol–water partition coefficient (Wildman–Crippen LogP) is 1.39. The quantitative estimate of drug-likeness (QED) is 0.631. The van der Waals surface area contributed by atoms with Gasteiger partial charge in [0.25, 0.3) is 0 Å². The van der Waals surface area contributed by atoms with E-state index in [-0.39, 0.29) is 5.41 Å². The lowest BCUT2D eigenvalue weighted by Gasteiger charge is -2.11. The molecule has 0 radical (unpaired) electrons. The molecule has 1 atom stereocenters. The summed E-state index contributed by atoms with van der Waals surface area (Å²) in [7, 11) is 0. The van der Waals surface area contributed by atoms with Crippen LogP contribution in [0.2, 0.25) is 0 Å². The number of hydrogen-bond donors (Lipinski definition) is 2. The summed E-state index contributed by atoms with van der Waals surface area (Å²) in [6.07, 6.45) is 4.18. The molecular formula is C9H17NO2. The fourth-order valence-corrected chi connectivity index (χ4v) is 0.669. The van der Waals surface area contributed by atoms with Crippen molar-refractivity contribution >= 4 is 5.97 Å². The van der Waals surface area contributed by atoms with Crippen LogP contribution in [0.1, 0.15) is 27.2 Å². The zero-order chi connectivity index (χ0) is 9.78. The molecule has 0 spiro atoms. The molecular weight excluding hydrogens is 154 g/mol. The van der Waals surface area contributed by atoms with Gasteiger partial charge in [0.2, 0.25) is 0 Å². The fourth-order valence-electron chi connectivity index (χ4n) is 0.669. The average molecular weight is 171 g/mol. The van der Waals surface area contributed by atoms with Crippen molar-refractivity contribution in [1.82, 2.24) is 0 Å². The van der Waals surface area contributed by atoms with Crippen LogP contribution in [0.25, 0.3) is 0 Å². The molecule has 0 aliphatic carbocycles. The van der Waals surface area contributed by atoms with Gasteiger partial charge in [-0.05, 0) is 11.8 Å². The SMILES string of the molecule is CC(C)(C)C=CC[C@H](N)C(=O)O. The van der Waals surface area contributed by atoms with E-state index in [4.69, 9.17) is 10.8 Å². The van der Waals surface area contributed by atoms with Crippen LogP contribution in [-0.4, -0.2) is 17.1 Å². The number of carbonyl (C=O) groups is 1. The fraction of sp³-hybridized carbons (Fsp3) is 0.667. The second kappa shape index (κ2) is 4.26. The number of carboxylic acid groups (broad SMARTS) is 1. The van der Waals surface area contributed by atoms with E-state index in [1.807, 2.05) is 12.2 Å². The highest BCUT2D eigenvalue weighted by Gasteiger charge is 2.09. The highest BCUT2D eigenvalue weighted by atomic mass is 16.4. The number of rotatable bonds is 3. The van der Waals surface area contributed by atoms with Crippen molar-refractivity contribution in [3.63, 3.8) is 0 Å². The van der Waals surface area contributed by atoms with E-state index in [9.17, 15) is 4.79 Å². The minimum absolute atomic E-state index is 0.0955. The van der Waals surface area contributed by atoms with Gasteiger partial charge in [-0.2, -0.15) is 0 Å². The summed E-state index contributed by atoms with van der Waals surface area (Å²) in [6.45, 7) is 6.15. The van der Waals surface area contributed by atoms with Crippen molar-refractivity contribution in [2.24, 2.45) is 11.1 Å². The third-order valence-corrected chi connectivity index (χ3v) is 1.33. The summed E-state index contributed by atoms with van der Waals surface area (Å²) in [5.41, 5.74) is 5.39. The highest BCUT2D eigenvalue weighted by molar-refractivity contribution is 5.73. The molecule has 0 aliphatic rings. The minimum atomic E-state index is -0.950. The van der Waals surface area contributed by atoms with Gasteiger partial charge in [0.05, 0.1) is 0 Å². The van der Waals surface area contributed by atoms with Crippen LogP contribution in [0.15, 0.2) is 12.2 Å². The van der Waals surface area contributed by atoms with Gasteiger partial charge >= 0.3 is 5.97 Å². The molecule has 3 N–H and O–H groups in total. The van der Waals surface area contributed by atoms with Gasteiger partial charge in [-0.15, -0.1) is 0 Å². The Morgan fingerprint density at radius 2 is 2.08 bits per heavy atom. The zero-order valence-corrected chi connectivity index (χ0v) is 7.87. The predicted molar refractivity (Wildman–Crippen MR) is 48.8 cm³/mol. The van der Waals surface area contributed by atoms with Gasteiger partial charge in [-0.1, -0.05) is 32.9 Å². The molecule has 0 saturated carbocycles. The molecule has 0 fully saturated rings. The van der Waals surface area contributed by atoms with E-state index in [1.54, 1.807) is 0 Å². The van der Waals surface area contributed by atoms with E-state index in [0.29, 0.717) is 6.42 Å². The Bertz CT molecular complexity index is 179. The van der Waals surface area contributed by atoms with Crippen LogP contribution in [0, 0.1) is 5.41 Å². The summed E-state index contributed by atoms with van der Waals surface area (Å²) in [5, 5.41) is 8.45. The summed E-state index contributed by atoms with van der Waals surface area (Å²) in [6, 6.07) is -0.774. The normalized spacial score (nSPS) is 15.0. The maximum Gasteiger partial charge on any atom is 0.320 e. The molecule has 3 heteroatoms. The molecule has 0 rings (SSSR count). The van der Waals surface area contributed by atoms with Gasteiger partial charge < -0.3 is 10.8 Å². The molecule has 3 nitrogen and oxygen atoms in total. The maximum absolute atomic E-state index is 10.3. The van der Waals surface area contributed by atoms with Crippen LogP contribution in [0.5, 0.6) is 0 Å². The van der Waals surface area contributed by atoms with E-state index < -0.39 is 12.0 Å². The van der Waals surface area contributed by atoms with Crippen molar-refractivity contribution in [2.75, 3.05) is 0 Å². The van der Waals surface area contributed by atoms with Gasteiger partial charge in [0.15, 0.2) is 0 Å². The first-order chi connectivity index (χ1) is 5.33. The Morgan fingerprint density at radius 3 is 2.42 bits per heavy atom. The number of allylic oxidation sites excluding steroid dienone is 1. The Kier molecular flexibility index (Phi) is 3.96. The van der Waals surface area contributed by atoms with E-state index in [0.717, 1.165) is 0 Å². The molecule has 0 heterocycles. The maximum atomic E-state index is 10.3. The van der Waals surface area contributed by atoms with E-state index in [2.05, 4.69) is 20.8 Å². The van der Waals surface area contributed by atoms with Crippen LogP contribution in [0.4, 0.5) is 0 Å². The summed E-state index contributed by atoms with van der Waals surface area (Å²) < 4.78 is 0. The standard InChI is InChI=1S/C9H17NO2/c1-9(2,3)6-4-5-7(10)8(11)12/h4,6-7H,5,10H2,1-3H3,(H,11,12)/t7-/m0/s1. The Morgan fingerprint density at radius 1 is 1.58 bits per heavy atom. The van der Waals surface area contributed by atoms with Gasteiger partial charge in [0.1, 0.15) is 6.04 Å². The number of aliphatic carboxylic acids is 1. The molecule has 0 amide bonds. The molecule has 0 aromatic rings. The smallest absolute Gasteiger partial charge is 0.320 e. The van der Waals surface area contributed by atoms with Crippen molar-refractivity contribution in [1.29, 1.82) is 0 Å². The molecule has 0 bridgehead atoms. The lowest BCUT2D eigenvalue weighted by atomic mass is 9.95. The summed E-state index contributed by atoms with van der Waals surface area (Å²) >= 11 is 0.